The minimum absolute atomic E-state index is 0.286. The molecule has 3 nitrogen and oxygen atoms in total. The first-order valence-electron chi connectivity index (χ1n) is 5.84. The van der Waals surface area contributed by atoms with E-state index in [1.54, 1.807) is 6.20 Å². The van der Waals surface area contributed by atoms with Gasteiger partial charge < -0.3 is 10.2 Å². The molecule has 0 fully saturated rings. The number of hydrogen-bond donors (Lipinski definition) is 1. The van der Waals surface area contributed by atoms with E-state index in [1.807, 2.05) is 11.8 Å². The molecule has 0 saturated heterocycles. The summed E-state index contributed by atoms with van der Waals surface area (Å²) in [5.74, 6) is 0.132. The van der Waals surface area contributed by atoms with Crippen molar-refractivity contribution in [2.24, 2.45) is 0 Å². The monoisotopic (exact) mass is 303 g/mol. The Kier molecular flexibility index (Phi) is 5.85. The van der Waals surface area contributed by atoms with Crippen molar-refractivity contribution in [3.63, 3.8) is 0 Å². The second-order valence-electron chi connectivity index (χ2n) is 4.15. The fraction of sp³-hybridized carbons (Fsp3) is 0.583. The molecule has 0 aliphatic carbocycles. The molecule has 0 amide bonds. The van der Waals surface area contributed by atoms with Gasteiger partial charge in [-0.2, -0.15) is 0 Å². The molecule has 0 unspecified atom stereocenters. The van der Waals surface area contributed by atoms with Gasteiger partial charge in [0.15, 0.2) is 11.6 Å². The number of rotatable bonds is 6. The average molecular weight is 304 g/mol. The highest BCUT2D eigenvalue weighted by Gasteiger charge is 2.11. The van der Waals surface area contributed by atoms with E-state index in [9.17, 15) is 4.39 Å². The number of nitrogens with one attached hydrogen (secondary N) is 1. The van der Waals surface area contributed by atoms with Crippen LogP contribution >= 0.6 is 15.9 Å². The molecular weight excluding hydrogens is 285 g/mol. The van der Waals surface area contributed by atoms with Crippen molar-refractivity contribution < 1.29 is 4.39 Å². The molecule has 5 heteroatoms. The van der Waals surface area contributed by atoms with Gasteiger partial charge in [-0.3, -0.25) is 0 Å². The predicted molar refractivity (Wildman–Crippen MR) is 72.9 cm³/mol. The number of aromatic nitrogens is 1. The summed E-state index contributed by atoms with van der Waals surface area (Å²) in [6, 6.07) is 1.89. The highest BCUT2D eigenvalue weighted by atomic mass is 79.9. The smallest absolute Gasteiger partial charge is 0.166 e. The van der Waals surface area contributed by atoms with Crippen LogP contribution < -0.4 is 10.2 Å². The van der Waals surface area contributed by atoms with Gasteiger partial charge in [-0.05, 0) is 28.9 Å². The van der Waals surface area contributed by atoms with Crippen LogP contribution in [-0.2, 0) is 0 Å². The molecule has 17 heavy (non-hydrogen) atoms. The molecule has 1 aromatic heterocycles. The molecule has 1 N–H and O–H groups in total. The van der Waals surface area contributed by atoms with E-state index < -0.39 is 0 Å². The molecule has 1 aromatic rings. The van der Waals surface area contributed by atoms with Gasteiger partial charge in [-0.15, -0.1) is 0 Å². The summed E-state index contributed by atoms with van der Waals surface area (Å²) in [6.45, 7) is 8.50. The average Bonchev–Trinajstić information content (AvgIpc) is 2.25. The van der Waals surface area contributed by atoms with Gasteiger partial charge >= 0.3 is 0 Å². The quantitative estimate of drug-likeness (QED) is 0.876. The maximum absolute atomic E-state index is 13.7. The van der Waals surface area contributed by atoms with Gasteiger partial charge in [0.1, 0.15) is 0 Å². The van der Waals surface area contributed by atoms with Crippen molar-refractivity contribution in [3.8, 4) is 0 Å². The standard InChI is InChI=1S/C12H19BrFN3/c1-4-17(6-5-15-9(2)3)12-11(14)7-10(13)8-16-12/h7-9,15H,4-6H2,1-3H3. The molecule has 96 valence electrons. The Hall–Kier alpha value is -0.680. The molecule has 0 aliphatic rings. The van der Waals surface area contributed by atoms with Gasteiger partial charge in [-0.25, -0.2) is 9.37 Å². The van der Waals surface area contributed by atoms with Crippen LogP contribution in [0.3, 0.4) is 0 Å². The third-order valence-electron chi connectivity index (χ3n) is 2.40. The number of pyridine rings is 1. The maximum atomic E-state index is 13.7. The van der Waals surface area contributed by atoms with Crippen LogP contribution in [0, 0.1) is 5.82 Å². The van der Waals surface area contributed by atoms with Crippen LogP contribution in [0.4, 0.5) is 10.2 Å². The van der Waals surface area contributed by atoms with E-state index in [1.165, 1.54) is 6.07 Å². The van der Waals surface area contributed by atoms with Crippen molar-refractivity contribution in [1.82, 2.24) is 10.3 Å². The van der Waals surface area contributed by atoms with Gasteiger partial charge in [0.2, 0.25) is 0 Å². The Morgan fingerprint density at radius 1 is 1.53 bits per heavy atom. The van der Waals surface area contributed by atoms with Crippen molar-refractivity contribution >= 4 is 21.7 Å². The van der Waals surface area contributed by atoms with Crippen LogP contribution in [0.15, 0.2) is 16.7 Å². The highest BCUT2D eigenvalue weighted by molar-refractivity contribution is 9.10. The lowest BCUT2D eigenvalue weighted by Gasteiger charge is -2.23. The molecule has 1 rings (SSSR count). The Morgan fingerprint density at radius 3 is 2.76 bits per heavy atom. The second kappa shape index (κ2) is 6.91. The van der Waals surface area contributed by atoms with E-state index in [-0.39, 0.29) is 5.82 Å². The normalized spacial score (nSPS) is 10.9. The van der Waals surface area contributed by atoms with Crippen LogP contribution in [0.5, 0.6) is 0 Å². The fourth-order valence-corrected chi connectivity index (χ4v) is 1.85. The molecule has 0 aromatic carbocycles. The summed E-state index contributed by atoms with van der Waals surface area (Å²) in [5, 5.41) is 3.31. The van der Waals surface area contributed by atoms with Crippen molar-refractivity contribution in [1.29, 1.82) is 0 Å². The second-order valence-corrected chi connectivity index (χ2v) is 5.06. The first kappa shape index (κ1) is 14.4. The summed E-state index contributed by atoms with van der Waals surface area (Å²) in [7, 11) is 0. The fourth-order valence-electron chi connectivity index (χ4n) is 1.54. The molecular formula is C12H19BrFN3. The molecule has 0 saturated carbocycles. The Balaban J connectivity index is 2.66. The van der Waals surface area contributed by atoms with Gasteiger partial charge in [0, 0.05) is 36.3 Å². The van der Waals surface area contributed by atoms with Crippen molar-refractivity contribution in [2.45, 2.75) is 26.8 Å². The van der Waals surface area contributed by atoms with Crippen LogP contribution in [0.2, 0.25) is 0 Å². The largest absolute Gasteiger partial charge is 0.353 e. The number of hydrogen-bond acceptors (Lipinski definition) is 3. The van der Waals surface area contributed by atoms with Crippen molar-refractivity contribution in [2.75, 3.05) is 24.5 Å². The topological polar surface area (TPSA) is 28.2 Å². The van der Waals surface area contributed by atoms with E-state index >= 15 is 0 Å². The van der Waals surface area contributed by atoms with E-state index in [2.05, 4.69) is 40.1 Å². The molecule has 0 aliphatic heterocycles. The molecule has 0 radical (unpaired) electrons. The summed E-state index contributed by atoms with van der Waals surface area (Å²) in [5.41, 5.74) is 0. The Labute approximate surface area is 111 Å². The predicted octanol–water partition coefficient (Wildman–Crippen LogP) is 2.81. The Bertz CT molecular complexity index is 358. The first-order chi connectivity index (χ1) is 8.04. The van der Waals surface area contributed by atoms with Crippen LogP contribution in [-0.4, -0.2) is 30.7 Å². The lowest BCUT2D eigenvalue weighted by atomic mass is 10.3. The molecule has 0 bridgehead atoms. The third-order valence-corrected chi connectivity index (χ3v) is 2.84. The zero-order valence-corrected chi connectivity index (χ0v) is 12.1. The SMILES string of the molecule is CCN(CCNC(C)C)c1ncc(Br)cc1F. The van der Waals surface area contributed by atoms with Crippen LogP contribution in [0.25, 0.3) is 0 Å². The minimum Gasteiger partial charge on any atom is -0.353 e. The molecule has 0 spiro atoms. The molecule has 1 heterocycles. The number of anilines is 1. The Morgan fingerprint density at radius 2 is 2.24 bits per heavy atom. The summed E-state index contributed by atoms with van der Waals surface area (Å²) in [6.07, 6.45) is 1.62. The van der Waals surface area contributed by atoms with Gasteiger partial charge in [-0.1, -0.05) is 13.8 Å². The maximum Gasteiger partial charge on any atom is 0.166 e. The van der Waals surface area contributed by atoms with Crippen LogP contribution in [0.1, 0.15) is 20.8 Å². The minimum atomic E-state index is -0.286. The highest BCUT2D eigenvalue weighted by Crippen LogP contribution is 2.19. The lowest BCUT2D eigenvalue weighted by molar-refractivity contribution is 0.570. The lowest BCUT2D eigenvalue weighted by Crippen LogP contribution is -2.35. The van der Waals surface area contributed by atoms with E-state index in [4.69, 9.17) is 0 Å². The first-order valence-corrected chi connectivity index (χ1v) is 6.63. The number of nitrogens with zero attached hydrogens (tertiary/aromatic N) is 2. The molecule has 0 atom stereocenters. The zero-order chi connectivity index (χ0) is 12.8. The summed E-state index contributed by atoms with van der Waals surface area (Å²) in [4.78, 5) is 6.05. The zero-order valence-electron chi connectivity index (χ0n) is 10.5. The summed E-state index contributed by atoms with van der Waals surface area (Å²) < 4.78 is 14.4. The number of likely N-dealkylation sites (N-methyl/N-ethyl adjacent to an activating group) is 1. The van der Waals surface area contributed by atoms with E-state index in [0.717, 1.165) is 19.6 Å². The number of halogens is 2. The third kappa shape index (κ3) is 4.60. The summed E-state index contributed by atoms with van der Waals surface area (Å²) >= 11 is 3.21. The van der Waals surface area contributed by atoms with Crippen molar-refractivity contribution in [3.05, 3.63) is 22.6 Å². The van der Waals surface area contributed by atoms with Gasteiger partial charge in [0.25, 0.3) is 0 Å². The van der Waals surface area contributed by atoms with E-state index in [0.29, 0.717) is 16.3 Å². The van der Waals surface area contributed by atoms with Gasteiger partial charge in [0.05, 0.1) is 0 Å².